The molecule has 0 unspecified atom stereocenters. The van der Waals surface area contributed by atoms with Crippen molar-refractivity contribution in [3.05, 3.63) is 70.8 Å². The molecular weight excluding hydrogens is 322 g/mol. The summed E-state index contributed by atoms with van der Waals surface area (Å²) in [7, 11) is 0. The van der Waals surface area contributed by atoms with Crippen LogP contribution in [0.5, 0.6) is 0 Å². The highest BCUT2D eigenvalue weighted by Gasteiger charge is 2.24. The minimum absolute atomic E-state index is 0.180. The minimum Gasteiger partial charge on any atom is -0.373 e. The van der Waals surface area contributed by atoms with Crippen molar-refractivity contribution in [1.29, 1.82) is 0 Å². The molecule has 1 aliphatic heterocycles. The molecule has 0 aromatic heterocycles. The van der Waals surface area contributed by atoms with Crippen LogP contribution < -0.4 is 0 Å². The lowest BCUT2D eigenvalue weighted by Gasteiger charge is -2.32. The van der Waals surface area contributed by atoms with Crippen LogP contribution in [0.15, 0.2) is 48.5 Å². The third-order valence-electron chi connectivity index (χ3n) is 5.65. The molecule has 3 heteroatoms. The number of carbonyl (C=O) groups excluding carboxylic acids is 1. The SMILES string of the molecule is O=C(c1ccc2c(c1)CCCC2)N1CCC(OCc2ccccc2)CC1. The molecule has 0 atom stereocenters. The van der Waals surface area contributed by atoms with E-state index in [1.54, 1.807) is 0 Å². The van der Waals surface area contributed by atoms with E-state index in [0.717, 1.165) is 44.3 Å². The van der Waals surface area contributed by atoms with E-state index in [-0.39, 0.29) is 12.0 Å². The van der Waals surface area contributed by atoms with Gasteiger partial charge in [0.25, 0.3) is 5.91 Å². The fourth-order valence-corrected chi connectivity index (χ4v) is 4.06. The van der Waals surface area contributed by atoms with Crippen LogP contribution in [0.1, 0.15) is 52.7 Å². The van der Waals surface area contributed by atoms with Crippen molar-refractivity contribution >= 4 is 5.91 Å². The van der Waals surface area contributed by atoms with Gasteiger partial charge in [0.15, 0.2) is 0 Å². The van der Waals surface area contributed by atoms with E-state index >= 15 is 0 Å². The molecule has 2 aromatic rings. The number of carbonyl (C=O) groups is 1. The highest BCUT2D eigenvalue weighted by atomic mass is 16.5. The molecule has 1 aliphatic carbocycles. The van der Waals surface area contributed by atoms with Gasteiger partial charge in [0.1, 0.15) is 0 Å². The van der Waals surface area contributed by atoms with E-state index in [2.05, 4.69) is 24.3 Å². The van der Waals surface area contributed by atoms with Crippen molar-refractivity contribution in [1.82, 2.24) is 4.90 Å². The van der Waals surface area contributed by atoms with Crippen LogP contribution in [0.2, 0.25) is 0 Å². The molecular formula is C23H27NO2. The number of ether oxygens (including phenoxy) is 1. The normalized spacial score (nSPS) is 17.8. The molecule has 0 N–H and O–H groups in total. The number of aryl methyl sites for hydroxylation is 2. The smallest absolute Gasteiger partial charge is 0.253 e. The predicted octanol–water partition coefficient (Wildman–Crippen LogP) is 4.39. The van der Waals surface area contributed by atoms with Crippen molar-refractivity contribution in [3.8, 4) is 0 Å². The van der Waals surface area contributed by atoms with E-state index in [9.17, 15) is 4.79 Å². The van der Waals surface area contributed by atoms with Gasteiger partial charge in [-0.15, -0.1) is 0 Å². The average molecular weight is 349 g/mol. The highest BCUT2D eigenvalue weighted by molar-refractivity contribution is 5.94. The van der Waals surface area contributed by atoms with Gasteiger partial charge in [-0.1, -0.05) is 36.4 Å². The fourth-order valence-electron chi connectivity index (χ4n) is 4.06. The first-order valence-electron chi connectivity index (χ1n) is 9.86. The van der Waals surface area contributed by atoms with Crippen molar-refractivity contribution in [2.45, 2.75) is 51.2 Å². The van der Waals surface area contributed by atoms with Gasteiger partial charge in [-0.2, -0.15) is 0 Å². The topological polar surface area (TPSA) is 29.5 Å². The quantitative estimate of drug-likeness (QED) is 0.819. The molecule has 3 nitrogen and oxygen atoms in total. The average Bonchev–Trinajstić information content (AvgIpc) is 2.72. The molecule has 26 heavy (non-hydrogen) atoms. The minimum atomic E-state index is 0.180. The van der Waals surface area contributed by atoms with Crippen LogP contribution in [-0.2, 0) is 24.2 Å². The molecule has 136 valence electrons. The molecule has 2 aromatic carbocycles. The zero-order valence-electron chi connectivity index (χ0n) is 15.3. The second-order valence-corrected chi connectivity index (χ2v) is 7.48. The lowest BCUT2D eigenvalue weighted by Crippen LogP contribution is -2.40. The Bertz CT molecular complexity index is 748. The second kappa shape index (κ2) is 8.05. The van der Waals surface area contributed by atoms with Crippen LogP contribution in [-0.4, -0.2) is 30.0 Å². The Kier molecular flexibility index (Phi) is 5.35. The van der Waals surface area contributed by atoms with Crippen molar-refractivity contribution < 1.29 is 9.53 Å². The van der Waals surface area contributed by atoms with Gasteiger partial charge >= 0.3 is 0 Å². The lowest BCUT2D eigenvalue weighted by atomic mass is 9.90. The number of rotatable bonds is 4. The van der Waals surface area contributed by atoms with E-state index in [4.69, 9.17) is 4.74 Å². The van der Waals surface area contributed by atoms with Gasteiger partial charge in [0, 0.05) is 18.7 Å². The summed E-state index contributed by atoms with van der Waals surface area (Å²) in [6.45, 7) is 2.23. The number of fused-ring (bicyclic) bond motifs is 1. The predicted molar refractivity (Wildman–Crippen MR) is 103 cm³/mol. The zero-order chi connectivity index (χ0) is 17.8. The number of amides is 1. The number of hydrogen-bond acceptors (Lipinski definition) is 2. The first-order chi connectivity index (χ1) is 12.8. The first-order valence-corrected chi connectivity index (χ1v) is 9.86. The van der Waals surface area contributed by atoms with Crippen LogP contribution in [0.4, 0.5) is 0 Å². The number of piperidine rings is 1. The van der Waals surface area contributed by atoms with Crippen molar-refractivity contribution in [2.75, 3.05) is 13.1 Å². The number of likely N-dealkylation sites (tertiary alicyclic amines) is 1. The molecule has 0 spiro atoms. The summed E-state index contributed by atoms with van der Waals surface area (Å²) >= 11 is 0. The van der Waals surface area contributed by atoms with Gasteiger partial charge < -0.3 is 9.64 Å². The Morgan fingerprint density at radius 1 is 0.962 bits per heavy atom. The molecule has 1 amide bonds. The van der Waals surface area contributed by atoms with Gasteiger partial charge in [-0.3, -0.25) is 4.79 Å². The first kappa shape index (κ1) is 17.3. The van der Waals surface area contributed by atoms with Gasteiger partial charge in [0.2, 0.25) is 0 Å². The van der Waals surface area contributed by atoms with Crippen LogP contribution in [0, 0.1) is 0 Å². The maximum absolute atomic E-state index is 12.9. The summed E-state index contributed by atoms with van der Waals surface area (Å²) in [6.07, 6.45) is 6.89. The third-order valence-corrected chi connectivity index (χ3v) is 5.65. The third kappa shape index (κ3) is 3.99. The number of benzene rings is 2. The van der Waals surface area contributed by atoms with Gasteiger partial charge in [-0.25, -0.2) is 0 Å². The zero-order valence-corrected chi connectivity index (χ0v) is 15.3. The van der Waals surface area contributed by atoms with Crippen molar-refractivity contribution in [3.63, 3.8) is 0 Å². The van der Waals surface area contributed by atoms with E-state index in [1.807, 2.05) is 29.2 Å². The molecule has 1 fully saturated rings. The second-order valence-electron chi connectivity index (χ2n) is 7.48. The summed E-state index contributed by atoms with van der Waals surface area (Å²) in [5.74, 6) is 0.180. The van der Waals surface area contributed by atoms with E-state index in [0.29, 0.717) is 6.61 Å². The Balaban J connectivity index is 1.31. The summed E-state index contributed by atoms with van der Waals surface area (Å²) < 4.78 is 6.04. The van der Waals surface area contributed by atoms with Gasteiger partial charge in [0.05, 0.1) is 12.7 Å². The summed E-state index contributed by atoms with van der Waals surface area (Å²) in [4.78, 5) is 14.8. The van der Waals surface area contributed by atoms with Crippen LogP contribution in [0.25, 0.3) is 0 Å². The molecule has 0 radical (unpaired) electrons. The Morgan fingerprint density at radius 2 is 1.69 bits per heavy atom. The number of hydrogen-bond donors (Lipinski definition) is 0. The summed E-state index contributed by atoms with van der Waals surface area (Å²) in [6, 6.07) is 16.6. The fraction of sp³-hybridized carbons (Fsp3) is 0.435. The maximum Gasteiger partial charge on any atom is 0.253 e. The molecule has 4 rings (SSSR count). The Hall–Kier alpha value is -2.13. The van der Waals surface area contributed by atoms with E-state index in [1.165, 1.54) is 29.5 Å². The molecule has 2 aliphatic rings. The standard InChI is InChI=1S/C23H27NO2/c25-23(21-11-10-19-8-4-5-9-20(19)16-21)24-14-12-22(13-15-24)26-17-18-6-2-1-3-7-18/h1-3,6-7,10-11,16,22H,4-5,8-9,12-15,17H2. The maximum atomic E-state index is 12.9. The van der Waals surface area contributed by atoms with Crippen LogP contribution in [0.3, 0.4) is 0 Å². The molecule has 1 saturated heterocycles. The molecule has 1 heterocycles. The van der Waals surface area contributed by atoms with E-state index < -0.39 is 0 Å². The largest absolute Gasteiger partial charge is 0.373 e. The monoisotopic (exact) mass is 349 g/mol. The lowest BCUT2D eigenvalue weighted by molar-refractivity contribution is -0.000382. The Morgan fingerprint density at radius 3 is 2.46 bits per heavy atom. The molecule has 0 saturated carbocycles. The molecule has 0 bridgehead atoms. The van der Waals surface area contributed by atoms with Crippen molar-refractivity contribution in [2.24, 2.45) is 0 Å². The Labute approximate surface area is 156 Å². The highest BCUT2D eigenvalue weighted by Crippen LogP contribution is 2.24. The number of nitrogens with zero attached hydrogens (tertiary/aromatic N) is 1. The summed E-state index contributed by atoms with van der Waals surface area (Å²) in [5, 5.41) is 0. The summed E-state index contributed by atoms with van der Waals surface area (Å²) in [5.41, 5.74) is 4.87. The van der Waals surface area contributed by atoms with Crippen LogP contribution >= 0.6 is 0 Å². The van der Waals surface area contributed by atoms with Gasteiger partial charge in [-0.05, 0) is 67.3 Å².